The molecule has 2 nitrogen and oxygen atoms in total. The Labute approximate surface area is 89.9 Å². The van der Waals surface area contributed by atoms with E-state index in [9.17, 15) is 4.79 Å². The van der Waals surface area contributed by atoms with Crippen LogP contribution in [0.25, 0.3) is 0 Å². The first-order chi connectivity index (χ1) is 7.34. The van der Waals surface area contributed by atoms with Gasteiger partial charge in [0.05, 0.1) is 6.42 Å². The van der Waals surface area contributed by atoms with Crippen LogP contribution in [0.2, 0.25) is 0 Å². The summed E-state index contributed by atoms with van der Waals surface area (Å²) in [7, 11) is 0. The highest BCUT2D eigenvalue weighted by Gasteiger charge is 2.29. The zero-order valence-corrected chi connectivity index (χ0v) is 8.78. The second-order valence-corrected chi connectivity index (χ2v) is 4.55. The number of hydrogen-bond donors (Lipinski definition) is 0. The Balaban J connectivity index is 2.07. The molecule has 0 N–H and O–H groups in total. The number of amides is 1. The van der Waals surface area contributed by atoms with Crippen molar-refractivity contribution in [2.45, 2.75) is 25.2 Å². The molecule has 1 saturated heterocycles. The third kappa shape index (κ3) is 1.44. The molecule has 1 fully saturated rings. The molecule has 0 aliphatic carbocycles. The van der Waals surface area contributed by atoms with E-state index in [1.807, 2.05) is 11.0 Å². The van der Waals surface area contributed by atoms with Crippen LogP contribution < -0.4 is 0 Å². The van der Waals surface area contributed by atoms with Gasteiger partial charge in [0.25, 0.3) is 0 Å². The smallest absolute Gasteiger partial charge is 0.227 e. The zero-order chi connectivity index (χ0) is 10.3. The minimum atomic E-state index is 0.310. The Morgan fingerprint density at radius 3 is 3.07 bits per heavy atom. The molecule has 0 aromatic heterocycles. The molecule has 0 saturated carbocycles. The van der Waals surface area contributed by atoms with Gasteiger partial charge in [-0.25, -0.2) is 0 Å². The van der Waals surface area contributed by atoms with Gasteiger partial charge in [-0.2, -0.15) is 0 Å². The maximum atomic E-state index is 11.9. The zero-order valence-electron chi connectivity index (χ0n) is 8.78. The summed E-state index contributed by atoms with van der Waals surface area (Å²) in [5.74, 6) is 0.894. The normalized spacial score (nSPS) is 24.7. The molecule has 2 aliphatic heterocycles. The second kappa shape index (κ2) is 3.37. The van der Waals surface area contributed by atoms with Crippen molar-refractivity contribution in [2.24, 2.45) is 0 Å². The van der Waals surface area contributed by atoms with Gasteiger partial charge in [0.2, 0.25) is 5.91 Å². The molecule has 2 aliphatic rings. The molecule has 0 unspecified atom stereocenters. The molecule has 2 heterocycles. The Morgan fingerprint density at radius 2 is 2.13 bits per heavy atom. The number of hydrogen-bond acceptors (Lipinski definition) is 1. The predicted molar refractivity (Wildman–Crippen MR) is 58.7 cm³/mol. The van der Waals surface area contributed by atoms with E-state index in [-0.39, 0.29) is 0 Å². The van der Waals surface area contributed by atoms with Crippen LogP contribution in [-0.4, -0.2) is 23.9 Å². The number of carbonyl (C=O) groups is 1. The highest BCUT2D eigenvalue weighted by atomic mass is 16.2. The van der Waals surface area contributed by atoms with Crippen LogP contribution in [0.15, 0.2) is 24.3 Å². The first-order valence-electron chi connectivity index (χ1n) is 5.70. The average Bonchev–Trinajstić information content (AvgIpc) is 2.37. The maximum absolute atomic E-state index is 11.9. The summed E-state index contributed by atoms with van der Waals surface area (Å²) < 4.78 is 0. The van der Waals surface area contributed by atoms with Crippen molar-refractivity contribution in [2.75, 3.05) is 13.1 Å². The lowest BCUT2D eigenvalue weighted by Gasteiger charge is -2.30. The summed E-state index contributed by atoms with van der Waals surface area (Å²) in [5.41, 5.74) is 2.66. The third-order valence-corrected chi connectivity index (χ3v) is 3.61. The fraction of sp³-hybridized carbons (Fsp3) is 0.462. The first-order valence-corrected chi connectivity index (χ1v) is 5.70. The SMILES string of the molecule is O=C1Cc2ccccc2[C@H]2CCCN1C2. The molecule has 3 rings (SSSR count). The van der Waals surface area contributed by atoms with Crippen LogP contribution in [0.3, 0.4) is 0 Å². The van der Waals surface area contributed by atoms with Crippen LogP contribution in [-0.2, 0) is 11.2 Å². The van der Waals surface area contributed by atoms with Crippen LogP contribution in [0.5, 0.6) is 0 Å². The van der Waals surface area contributed by atoms with Gasteiger partial charge in [-0.3, -0.25) is 4.79 Å². The highest BCUT2D eigenvalue weighted by molar-refractivity contribution is 5.80. The third-order valence-electron chi connectivity index (χ3n) is 3.61. The highest BCUT2D eigenvalue weighted by Crippen LogP contribution is 2.32. The lowest BCUT2D eigenvalue weighted by molar-refractivity contribution is -0.131. The molecular formula is C13H15NO. The topological polar surface area (TPSA) is 20.3 Å². The van der Waals surface area contributed by atoms with E-state index >= 15 is 0 Å². The molecule has 1 aromatic rings. The summed E-state index contributed by atoms with van der Waals surface area (Å²) in [6, 6.07) is 8.43. The van der Waals surface area contributed by atoms with Gasteiger partial charge in [0, 0.05) is 19.0 Å². The van der Waals surface area contributed by atoms with Crippen molar-refractivity contribution in [1.82, 2.24) is 4.90 Å². The molecular weight excluding hydrogens is 186 g/mol. The van der Waals surface area contributed by atoms with Crippen LogP contribution in [0, 0.1) is 0 Å². The average molecular weight is 201 g/mol. The molecule has 2 bridgehead atoms. The van der Waals surface area contributed by atoms with Gasteiger partial charge in [-0.15, -0.1) is 0 Å². The standard InChI is InChI=1S/C13H15NO/c15-13-8-10-4-1-2-6-12(10)11-5-3-7-14(13)9-11/h1-2,4,6,11H,3,5,7-9H2/t11-/m0/s1. The molecule has 15 heavy (non-hydrogen) atoms. The fourth-order valence-electron chi connectivity index (χ4n) is 2.83. The van der Waals surface area contributed by atoms with E-state index in [1.165, 1.54) is 17.5 Å². The largest absolute Gasteiger partial charge is 0.342 e. The number of fused-ring (bicyclic) bond motifs is 4. The van der Waals surface area contributed by atoms with Gasteiger partial charge in [-0.1, -0.05) is 24.3 Å². The quantitative estimate of drug-likeness (QED) is 0.628. The van der Waals surface area contributed by atoms with Crippen molar-refractivity contribution in [3.63, 3.8) is 0 Å². The summed E-state index contributed by atoms with van der Waals surface area (Å²) in [5, 5.41) is 0. The van der Waals surface area contributed by atoms with Crippen LogP contribution in [0.1, 0.15) is 29.9 Å². The minimum absolute atomic E-state index is 0.310. The predicted octanol–water partition coefficient (Wildman–Crippen LogP) is 1.95. The van der Waals surface area contributed by atoms with E-state index in [4.69, 9.17) is 0 Å². The van der Waals surface area contributed by atoms with Crippen molar-refractivity contribution < 1.29 is 4.79 Å². The molecule has 1 amide bonds. The first kappa shape index (κ1) is 8.96. The van der Waals surface area contributed by atoms with Gasteiger partial charge in [-0.05, 0) is 24.0 Å². The number of carbonyl (C=O) groups excluding carboxylic acids is 1. The summed E-state index contributed by atoms with van der Waals surface area (Å²) in [6.45, 7) is 1.90. The van der Waals surface area contributed by atoms with Gasteiger partial charge in [0.1, 0.15) is 0 Å². The van der Waals surface area contributed by atoms with Gasteiger partial charge < -0.3 is 4.90 Å². The van der Waals surface area contributed by atoms with Crippen LogP contribution >= 0.6 is 0 Å². The Morgan fingerprint density at radius 1 is 1.27 bits per heavy atom. The monoisotopic (exact) mass is 201 g/mol. The number of benzene rings is 1. The molecule has 2 heteroatoms. The minimum Gasteiger partial charge on any atom is -0.342 e. The van der Waals surface area contributed by atoms with Crippen LogP contribution in [0.4, 0.5) is 0 Å². The second-order valence-electron chi connectivity index (χ2n) is 4.55. The lowest BCUT2D eigenvalue weighted by Crippen LogP contribution is -2.37. The molecule has 0 spiro atoms. The Hall–Kier alpha value is -1.31. The maximum Gasteiger partial charge on any atom is 0.227 e. The Bertz CT molecular complexity index is 399. The van der Waals surface area contributed by atoms with Crippen molar-refractivity contribution in [3.05, 3.63) is 35.4 Å². The van der Waals surface area contributed by atoms with E-state index in [2.05, 4.69) is 18.2 Å². The van der Waals surface area contributed by atoms with Crippen molar-refractivity contribution >= 4 is 5.91 Å². The summed E-state index contributed by atoms with van der Waals surface area (Å²) in [4.78, 5) is 13.9. The van der Waals surface area contributed by atoms with E-state index in [0.29, 0.717) is 18.2 Å². The number of piperidine rings is 1. The Kier molecular flexibility index (Phi) is 2.01. The summed E-state index contributed by atoms with van der Waals surface area (Å²) >= 11 is 0. The van der Waals surface area contributed by atoms with E-state index in [0.717, 1.165) is 19.5 Å². The van der Waals surface area contributed by atoms with E-state index in [1.54, 1.807) is 0 Å². The molecule has 1 atom stereocenters. The number of nitrogens with zero attached hydrogens (tertiary/aromatic N) is 1. The molecule has 78 valence electrons. The lowest BCUT2D eigenvalue weighted by atomic mass is 9.89. The fourth-order valence-corrected chi connectivity index (χ4v) is 2.83. The van der Waals surface area contributed by atoms with Gasteiger partial charge in [0.15, 0.2) is 0 Å². The molecule has 0 radical (unpaired) electrons. The molecule has 1 aromatic carbocycles. The number of rotatable bonds is 0. The van der Waals surface area contributed by atoms with Gasteiger partial charge >= 0.3 is 0 Å². The van der Waals surface area contributed by atoms with Crippen molar-refractivity contribution in [1.29, 1.82) is 0 Å². The van der Waals surface area contributed by atoms with E-state index < -0.39 is 0 Å². The summed E-state index contributed by atoms with van der Waals surface area (Å²) in [6.07, 6.45) is 3.00. The van der Waals surface area contributed by atoms with Crippen molar-refractivity contribution in [3.8, 4) is 0 Å².